The van der Waals surface area contributed by atoms with E-state index in [0.29, 0.717) is 12.1 Å². The summed E-state index contributed by atoms with van der Waals surface area (Å²) in [6.45, 7) is 0. The molecule has 10 heavy (non-hydrogen) atoms. The standard InChI is InChI=1S/C6H12NO2P/c7-6-2-1-5(3-6)4-10(8)9/h5-6H,1-4,7H2/p+1/t5?,6-/m0/s1. The zero-order valence-corrected chi connectivity index (χ0v) is 6.76. The molecule has 0 bridgehead atoms. The van der Waals surface area contributed by atoms with Crippen LogP contribution in [0.25, 0.3) is 0 Å². The maximum atomic E-state index is 10.4. The van der Waals surface area contributed by atoms with Crippen molar-refractivity contribution in [3.63, 3.8) is 0 Å². The van der Waals surface area contributed by atoms with Gasteiger partial charge in [-0.05, 0) is 23.8 Å². The molecule has 1 aliphatic rings. The van der Waals surface area contributed by atoms with E-state index in [2.05, 4.69) is 0 Å². The predicted octanol–water partition coefficient (Wildman–Crippen LogP) is 0.849. The maximum Gasteiger partial charge on any atom is 0.505 e. The Bertz CT molecular complexity index is 140. The van der Waals surface area contributed by atoms with Crippen molar-refractivity contribution in [1.82, 2.24) is 0 Å². The van der Waals surface area contributed by atoms with Crippen LogP contribution in [0.2, 0.25) is 0 Å². The fraction of sp³-hybridized carbons (Fsp3) is 1.00. The largest absolute Gasteiger partial charge is 0.505 e. The zero-order valence-electron chi connectivity index (χ0n) is 5.86. The van der Waals surface area contributed by atoms with Gasteiger partial charge in [0.2, 0.25) is 0 Å². The van der Waals surface area contributed by atoms with Crippen molar-refractivity contribution in [2.45, 2.75) is 25.3 Å². The van der Waals surface area contributed by atoms with Gasteiger partial charge in [0.15, 0.2) is 6.16 Å². The van der Waals surface area contributed by atoms with Crippen LogP contribution in [0.1, 0.15) is 19.3 Å². The van der Waals surface area contributed by atoms with Gasteiger partial charge < -0.3 is 5.73 Å². The molecule has 0 heterocycles. The van der Waals surface area contributed by atoms with Crippen LogP contribution in [0.3, 0.4) is 0 Å². The second-order valence-corrected chi connectivity index (χ2v) is 4.04. The first-order valence-electron chi connectivity index (χ1n) is 3.57. The zero-order chi connectivity index (χ0) is 7.56. The van der Waals surface area contributed by atoms with E-state index in [4.69, 9.17) is 10.6 Å². The van der Waals surface area contributed by atoms with Crippen molar-refractivity contribution in [2.24, 2.45) is 11.7 Å². The molecule has 1 rings (SSSR count). The van der Waals surface area contributed by atoms with Crippen LogP contribution in [0.15, 0.2) is 0 Å². The lowest BCUT2D eigenvalue weighted by atomic mass is 10.1. The third-order valence-electron chi connectivity index (χ3n) is 2.00. The average molecular weight is 162 g/mol. The van der Waals surface area contributed by atoms with E-state index in [1.807, 2.05) is 0 Å². The van der Waals surface area contributed by atoms with Crippen LogP contribution in [-0.4, -0.2) is 17.1 Å². The minimum atomic E-state index is -1.94. The Morgan fingerprint density at radius 1 is 1.60 bits per heavy atom. The van der Waals surface area contributed by atoms with E-state index in [1.54, 1.807) is 0 Å². The summed E-state index contributed by atoms with van der Waals surface area (Å²) in [5.41, 5.74) is 5.62. The Morgan fingerprint density at radius 3 is 2.70 bits per heavy atom. The van der Waals surface area contributed by atoms with Crippen LogP contribution < -0.4 is 5.73 Å². The van der Waals surface area contributed by atoms with Crippen molar-refractivity contribution in [3.05, 3.63) is 0 Å². The molecule has 0 spiro atoms. The van der Waals surface area contributed by atoms with Crippen molar-refractivity contribution in [1.29, 1.82) is 0 Å². The summed E-state index contributed by atoms with van der Waals surface area (Å²) in [5, 5.41) is 0. The lowest BCUT2D eigenvalue weighted by Crippen LogP contribution is -2.15. The first kappa shape index (κ1) is 8.12. The molecular formula is C6H13NO2P+. The summed E-state index contributed by atoms with van der Waals surface area (Å²) in [7, 11) is -1.94. The Balaban J connectivity index is 2.24. The van der Waals surface area contributed by atoms with Gasteiger partial charge in [-0.2, -0.15) is 4.89 Å². The summed E-state index contributed by atoms with van der Waals surface area (Å²) < 4.78 is 10.4. The smallest absolute Gasteiger partial charge is 0.328 e. The third kappa shape index (κ3) is 2.33. The molecule has 3 N–H and O–H groups in total. The second-order valence-electron chi connectivity index (χ2n) is 2.97. The third-order valence-corrected chi connectivity index (χ3v) is 2.82. The van der Waals surface area contributed by atoms with Crippen LogP contribution in [0.5, 0.6) is 0 Å². The number of hydrogen-bond acceptors (Lipinski definition) is 2. The van der Waals surface area contributed by atoms with Gasteiger partial charge in [-0.25, -0.2) is 0 Å². The lowest BCUT2D eigenvalue weighted by molar-refractivity contribution is 0.483. The van der Waals surface area contributed by atoms with Crippen molar-refractivity contribution < 1.29 is 9.46 Å². The number of rotatable bonds is 2. The molecule has 58 valence electrons. The first-order valence-corrected chi connectivity index (χ1v) is 4.97. The quantitative estimate of drug-likeness (QED) is 0.591. The van der Waals surface area contributed by atoms with E-state index in [-0.39, 0.29) is 6.04 Å². The van der Waals surface area contributed by atoms with Gasteiger partial charge >= 0.3 is 8.03 Å². The van der Waals surface area contributed by atoms with E-state index in [9.17, 15) is 4.57 Å². The summed E-state index contributed by atoms with van der Waals surface area (Å²) in [5.74, 6) is 0.406. The highest BCUT2D eigenvalue weighted by Crippen LogP contribution is 2.30. The second kappa shape index (κ2) is 3.42. The summed E-state index contributed by atoms with van der Waals surface area (Å²) in [6.07, 6.45) is 3.43. The van der Waals surface area contributed by atoms with Gasteiger partial charge in [-0.15, -0.1) is 0 Å². The van der Waals surface area contributed by atoms with Gasteiger partial charge in [0.1, 0.15) is 0 Å². The van der Waals surface area contributed by atoms with E-state index in [0.717, 1.165) is 19.3 Å². The fourth-order valence-electron chi connectivity index (χ4n) is 1.50. The Labute approximate surface area is 61.5 Å². The van der Waals surface area contributed by atoms with Gasteiger partial charge in [-0.3, -0.25) is 0 Å². The summed E-state index contributed by atoms with van der Waals surface area (Å²) >= 11 is 0. The lowest BCUT2D eigenvalue weighted by Gasteiger charge is -1.98. The van der Waals surface area contributed by atoms with Gasteiger partial charge in [-0.1, -0.05) is 0 Å². The normalized spacial score (nSPS) is 34.4. The molecule has 1 aliphatic carbocycles. The Morgan fingerprint density at radius 2 is 2.30 bits per heavy atom. The number of nitrogens with two attached hydrogens (primary N) is 1. The van der Waals surface area contributed by atoms with Gasteiger partial charge in [0.05, 0.1) is 0 Å². The summed E-state index contributed by atoms with van der Waals surface area (Å²) in [6, 6.07) is 0.278. The Hall–Kier alpha value is 0.0200. The van der Waals surface area contributed by atoms with E-state index in [1.165, 1.54) is 0 Å². The SMILES string of the molecule is N[C@H]1CCC(C[P+](=O)O)C1. The topological polar surface area (TPSA) is 63.3 Å². The van der Waals surface area contributed by atoms with Gasteiger partial charge in [0.25, 0.3) is 0 Å². The van der Waals surface area contributed by atoms with Crippen molar-refractivity contribution >= 4 is 8.03 Å². The molecule has 2 unspecified atom stereocenters. The molecule has 0 saturated heterocycles. The molecule has 1 fully saturated rings. The maximum absolute atomic E-state index is 10.4. The minimum Gasteiger partial charge on any atom is -0.328 e. The molecule has 0 aromatic rings. The molecule has 4 heteroatoms. The minimum absolute atomic E-state index is 0.278. The average Bonchev–Trinajstić information content (AvgIpc) is 2.13. The highest BCUT2D eigenvalue weighted by molar-refractivity contribution is 7.38. The van der Waals surface area contributed by atoms with Crippen LogP contribution in [0.4, 0.5) is 0 Å². The highest BCUT2D eigenvalue weighted by Gasteiger charge is 2.28. The summed E-state index contributed by atoms with van der Waals surface area (Å²) in [4.78, 5) is 8.57. The molecule has 0 amide bonds. The number of hydrogen-bond donors (Lipinski definition) is 2. The monoisotopic (exact) mass is 162 g/mol. The van der Waals surface area contributed by atoms with Gasteiger partial charge in [0, 0.05) is 12.0 Å². The highest BCUT2D eigenvalue weighted by atomic mass is 31.1. The molecule has 0 aliphatic heterocycles. The van der Waals surface area contributed by atoms with E-state index >= 15 is 0 Å². The molecule has 0 aromatic heterocycles. The van der Waals surface area contributed by atoms with Crippen molar-refractivity contribution in [3.8, 4) is 0 Å². The van der Waals surface area contributed by atoms with Crippen LogP contribution in [-0.2, 0) is 4.57 Å². The molecule has 1 saturated carbocycles. The molecule has 0 radical (unpaired) electrons. The van der Waals surface area contributed by atoms with Crippen LogP contribution in [0, 0.1) is 5.92 Å². The molecule has 0 aromatic carbocycles. The van der Waals surface area contributed by atoms with E-state index < -0.39 is 8.03 Å². The fourth-order valence-corrected chi connectivity index (χ4v) is 2.27. The molecule has 3 nitrogen and oxygen atoms in total. The Kier molecular flexibility index (Phi) is 2.78. The predicted molar refractivity (Wildman–Crippen MR) is 40.0 cm³/mol. The molecular weight excluding hydrogens is 149 g/mol. The van der Waals surface area contributed by atoms with Crippen LogP contribution >= 0.6 is 8.03 Å². The first-order chi connectivity index (χ1) is 4.68. The molecule has 3 atom stereocenters. The van der Waals surface area contributed by atoms with Crippen molar-refractivity contribution in [2.75, 3.05) is 6.16 Å².